The van der Waals surface area contributed by atoms with E-state index in [2.05, 4.69) is 24.1 Å². The van der Waals surface area contributed by atoms with Crippen LogP contribution >= 0.6 is 0 Å². The summed E-state index contributed by atoms with van der Waals surface area (Å²) in [6, 6.07) is 0.578. The van der Waals surface area contributed by atoms with Crippen molar-refractivity contribution in [3.63, 3.8) is 0 Å². The van der Waals surface area contributed by atoms with Crippen LogP contribution in [-0.2, 0) is 4.79 Å². The monoisotopic (exact) mass is 252 g/mol. The number of nitrogens with zero attached hydrogens (tertiary/aromatic N) is 1. The second-order valence-corrected chi connectivity index (χ2v) is 6.07. The minimum Gasteiger partial charge on any atom is -0.352 e. The number of rotatable bonds is 4. The lowest BCUT2D eigenvalue weighted by molar-refractivity contribution is -0.126. The Bertz CT molecular complexity index is 280. The van der Waals surface area contributed by atoms with Crippen molar-refractivity contribution in [2.45, 2.75) is 70.9 Å². The first-order chi connectivity index (χ1) is 8.72. The third-order valence-electron chi connectivity index (χ3n) is 4.62. The van der Waals surface area contributed by atoms with Crippen molar-refractivity contribution in [1.29, 1.82) is 0 Å². The summed E-state index contributed by atoms with van der Waals surface area (Å²) in [6.07, 6.45) is 8.42. The highest BCUT2D eigenvalue weighted by Crippen LogP contribution is 2.25. The van der Waals surface area contributed by atoms with Crippen LogP contribution < -0.4 is 5.32 Å². The molecular formula is C15H28N2O. The number of nitrogens with one attached hydrogen (secondary N) is 1. The predicted molar refractivity (Wildman–Crippen MR) is 74.4 cm³/mol. The van der Waals surface area contributed by atoms with Gasteiger partial charge in [0.15, 0.2) is 0 Å². The first kappa shape index (κ1) is 13.9. The normalized spacial score (nSPS) is 33.6. The molecule has 1 aliphatic carbocycles. The number of carbonyl (C=O) groups excluding carboxylic acids is 1. The Hall–Kier alpha value is -0.570. The molecule has 1 N–H and O–H groups in total. The highest BCUT2D eigenvalue weighted by Gasteiger charge is 2.32. The fraction of sp³-hybridized carbons (Fsp3) is 0.933. The largest absolute Gasteiger partial charge is 0.352 e. The van der Waals surface area contributed by atoms with Crippen LogP contribution in [0.2, 0.25) is 0 Å². The van der Waals surface area contributed by atoms with Crippen LogP contribution in [0, 0.1) is 5.92 Å². The molecule has 2 fully saturated rings. The van der Waals surface area contributed by atoms with E-state index >= 15 is 0 Å². The second kappa shape index (κ2) is 6.55. The maximum atomic E-state index is 12.4. The second-order valence-electron chi connectivity index (χ2n) is 6.07. The van der Waals surface area contributed by atoms with E-state index in [9.17, 15) is 4.79 Å². The van der Waals surface area contributed by atoms with Crippen molar-refractivity contribution in [1.82, 2.24) is 10.2 Å². The Balaban J connectivity index is 1.86. The third-order valence-corrected chi connectivity index (χ3v) is 4.62. The van der Waals surface area contributed by atoms with Gasteiger partial charge in [0, 0.05) is 6.04 Å². The molecule has 0 aromatic heterocycles. The molecule has 0 bridgehead atoms. The molecule has 2 rings (SSSR count). The van der Waals surface area contributed by atoms with Gasteiger partial charge in [-0.05, 0) is 51.1 Å². The van der Waals surface area contributed by atoms with Crippen LogP contribution in [0.25, 0.3) is 0 Å². The van der Waals surface area contributed by atoms with Crippen LogP contribution in [0.15, 0.2) is 0 Å². The molecule has 1 heterocycles. The standard InChI is InChI=1S/C15H28N2O/c1-3-10-17-11-6-9-14(17)15(18)16-13-8-5-4-7-12(13)2/h12-14H,3-11H2,1-2H3,(H,16,18)/t12?,13?,14-/m1/s1. The molecule has 1 amide bonds. The van der Waals surface area contributed by atoms with Gasteiger partial charge < -0.3 is 5.32 Å². The molecule has 0 radical (unpaired) electrons. The van der Waals surface area contributed by atoms with Gasteiger partial charge in [0.25, 0.3) is 0 Å². The summed E-state index contributed by atoms with van der Waals surface area (Å²) in [7, 11) is 0. The van der Waals surface area contributed by atoms with E-state index in [1.807, 2.05) is 0 Å². The summed E-state index contributed by atoms with van der Waals surface area (Å²) < 4.78 is 0. The molecule has 3 heteroatoms. The highest BCUT2D eigenvalue weighted by molar-refractivity contribution is 5.82. The molecule has 0 aromatic rings. The fourth-order valence-corrected chi connectivity index (χ4v) is 3.49. The average Bonchev–Trinajstić information content (AvgIpc) is 2.81. The molecule has 1 saturated carbocycles. The molecule has 3 atom stereocenters. The van der Waals surface area contributed by atoms with Crippen LogP contribution in [0.1, 0.15) is 58.8 Å². The molecule has 2 aliphatic rings. The van der Waals surface area contributed by atoms with E-state index in [1.165, 1.54) is 32.1 Å². The average molecular weight is 252 g/mol. The quantitative estimate of drug-likeness (QED) is 0.834. The Morgan fingerprint density at radius 1 is 1.22 bits per heavy atom. The van der Waals surface area contributed by atoms with Gasteiger partial charge in [-0.1, -0.05) is 26.7 Å². The SMILES string of the molecule is CCCN1CCC[C@@H]1C(=O)NC1CCCCC1C. The van der Waals surface area contributed by atoms with E-state index in [-0.39, 0.29) is 6.04 Å². The molecule has 1 saturated heterocycles. The molecule has 3 nitrogen and oxygen atoms in total. The first-order valence-electron chi connectivity index (χ1n) is 7.76. The van der Waals surface area contributed by atoms with E-state index in [4.69, 9.17) is 0 Å². The molecular weight excluding hydrogens is 224 g/mol. The minimum atomic E-state index is 0.152. The van der Waals surface area contributed by atoms with Crippen molar-refractivity contribution >= 4 is 5.91 Å². The highest BCUT2D eigenvalue weighted by atomic mass is 16.2. The van der Waals surface area contributed by atoms with Gasteiger partial charge in [-0.25, -0.2) is 0 Å². The maximum absolute atomic E-state index is 12.4. The minimum absolute atomic E-state index is 0.152. The fourth-order valence-electron chi connectivity index (χ4n) is 3.49. The van der Waals surface area contributed by atoms with Gasteiger partial charge in [-0.2, -0.15) is 0 Å². The Morgan fingerprint density at radius 2 is 2.00 bits per heavy atom. The number of likely N-dealkylation sites (tertiary alicyclic amines) is 1. The summed E-state index contributed by atoms with van der Waals surface area (Å²) in [6.45, 7) is 6.64. The van der Waals surface area contributed by atoms with Crippen molar-refractivity contribution < 1.29 is 4.79 Å². The summed E-state index contributed by atoms with van der Waals surface area (Å²) in [5, 5.41) is 3.32. The topological polar surface area (TPSA) is 32.3 Å². The van der Waals surface area contributed by atoms with E-state index < -0.39 is 0 Å². The Kier molecular flexibility index (Phi) is 5.04. The zero-order chi connectivity index (χ0) is 13.0. The number of amides is 1. The van der Waals surface area contributed by atoms with Crippen LogP contribution in [0.5, 0.6) is 0 Å². The van der Waals surface area contributed by atoms with Crippen LogP contribution in [0.4, 0.5) is 0 Å². The lowest BCUT2D eigenvalue weighted by Crippen LogP contribution is -2.49. The van der Waals surface area contributed by atoms with Gasteiger partial charge in [0.2, 0.25) is 5.91 Å². The summed E-state index contributed by atoms with van der Waals surface area (Å²) >= 11 is 0. The van der Waals surface area contributed by atoms with Gasteiger partial charge >= 0.3 is 0 Å². The van der Waals surface area contributed by atoms with E-state index in [0.29, 0.717) is 17.9 Å². The molecule has 104 valence electrons. The van der Waals surface area contributed by atoms with Crippen molar-refractivity contribution in [3.05, 3.63) is 0 Å². The Labute approximate surface area is 111 Å². The zero-order valence-electron chi connectivity index (χ0n) is 12.0. The summed E-state index contributed by atoms with van der Waals surface area (Å²) in [4.78, 5) is 14.8. The zero-order valence-corrected chi connectivity index (χ0v) is 12.0. The molecule has 18 heavy (non-hydrogen) atoms. The Morgan fingerprint density at radius 3 is 2.72 bits per heavy atom. The molecule has 1 aliphatic heterocycles. The van der Waals surface area contributed by atoms with Gasteiger partial charge in [0.1, 0.15) is 0 Å². The van der Waals surface area contributed by atoms with Gasteiger partial charge in [-0.3, -0.25) is 9.69 Å². The van der Waals surface area contributed by atoms with Crippen molar-refractivity contribution in [3.8, 4) is 0 Å². The number of carbonyl (C=O) groups is 1. The van der Waals surface area contributed by atoms with Crippen LogP contribution in [-0.4, -0.2) is 36.0 Å². The van der Waals surface area contributed by atoms with Crippen molar-refractivity contribution in [2.24, 2.45) is 5.92 Å². The molecule has 0 aromatic carbocycles. The van der Waals surface area contributed by atoms with E-state index in [1.54, 1.807) is 0 Å². The maximum Gasteiger partial charge on any atom is 0.237 e. The smallest absolute Gasteiger partial charge is 0.237 e. The van der Waals surface area contributed by atoms with Gasteiger partial charge in [-0.15, -0.1) is 0 Å². The van der Waals surface area contributed by atoms with E-state index in [0.717, 1.165) is 25.9 Å². The summed E-state index contributed by atoms with van der Waals surface area (Å²) in [5.74, 6) is 0.948. The number of hydrogen-bond donors (Lipinski definition) is 1. The van der Waals surface area contributed by atoms with Crippen molar-refractivity contribution in [2.75, 3.05) is 13.1 Å². The van der Waals surface area contributed by atoms with Gasteiger partial charge in [0.05, 0.1) is 6.04 Å². The first-order valence-corrected chi connectivity index (χ1v) is 7.76. The molecule has 2 unspecified atom stereocenters. The number of hydrogen-bond acceptors (Lipinski definition) is 2. The lowest BCUT2D eigenvalue weighted by Gasteiger charge is -2.32. The third kappa shape index (κ3) is 3.25. The lowest BCUT2D eigenvalue weighted by atomic mass is 9.86. The predicted octanol–water partition coefficient (Wildman–Crippen LogP) is 2.56. The summed E-state index contributed by atoms with van der Waals surface area (Å²) in [5.41, 5.74) is 0. The molecule has 0 spiro atoms. The van der Waals surface area contributed by atoms with Crippen LogP contribution in [0.3, 0.4) is 0 Å².